The lowest BCUT2D eigenvalue weighted by Crippen LogP contribution is -2.49. The summed E-state index contributed by atoms with van der Waals surface area (Å²) < 4.78 is 5.11. The Morgan fingerprint density at radius 2 is 1.87 bits per heavy atom. The second-order valence-electron chi connectivity index (χ2n) is 5.73. The van der Waals surface area contributed by atoms with Gasteiger partial charge in [0.15, 0.2) is 0 Å². The molecule has 0 unspecified atom stereocenters. The molecule has 0 saturated carbocycles. The zero-order chi connectivity index (χ0) is 16.7. The fourth-order valence-electron chi connectivity index (χ4n) is 2.54. The summed E-state index contributed by atoms with van der Waals surface area (Å²) in [4.78, 5) is 27.7. The minimum Gasteiger partial charge on any atom is -0.497 e. The van der Waals surface area contributed by atoms with Crippen LogP contribution >= 0.6 is 0 Å². The molecule has 6 nitrogen and oxygen atoms in total. The molecule has 0 spiro atoms. The van der Waals surface area contributed by atoms with Gasteiger partial charge in [-0.3, -0.25) is 9.59 Å². The number of hydrogen-bond donors (Lipinski definition) is 1. The largest absolute Gasteiger partial charge is 0.497 e. The van der Waals surface area contributed by atoms with E-state index in [1.807, 2.05) is 29.2 Å². The molecule has 1 saturated heterocycles. The van der Waals surface area contributed by atoms with Crippen molar-refractivity contribution in [2.75, 3.05) is 46.9 Å². The van der Waals surface area contributed by atoms with Gasteiger partial charge in [-0.1, -0.05) is 12.1 Å². The summed E-state index contributed by atoms with van der Waals surface area (Å²) in [6.07, 6.45) is 1.06. The number of nitrogens with zero attached hydrogens (tertiary/aromatic N) is 2. The van der Waals surface area contributed by atoms with Crippen molar-refractivity contribution in [3.8, 4) is 5.75 Å². The molecule has 1 aliphatic heterocycles. The number of aryl methyl sites for hydroxylation is 1. The Morgan fingerprint density at radius 1 is 1.22 bits per heavy atom. The van der Waals surface area contributed by atoms with Crippen molar-refractivity contribution in [3.63, 3.8) is 0 Å². The van der Waals surface area contributed by atoms with Crippen molar-refractivity contribution in [1.29, 1.82) is 0 Å². The van der Waals surface area contributed by atoms with Crippen LogP contribution in [0.4, 0.5) is 0 Å². The molecule has 126 valence electrons. The van der Waals surface area contributed by atoms with Crippen molar-refractivity contribution < 1.29 is 14.3 Å². The summed E-state index contributed by atoms with van der Waals surface area (Å²) in [5, 5.41) is 3.21. The maximum atomic E-state index is 12.2. The molecule has 1 aromatic rings. The lowest BCUT2D eigenvalue weighted by atomic mass is 10.1. The first-order valence-electron chi connectivity index (χ1n) is 7.95. The van der Waals surface area contributed by atoms with Crippen molar-refractivity contribution in [1.82, 2.24) is 15.1 Å². The molecule has 2 amide bonds. The zero-order valence-corrected chi connectivity index (χ0v) is 13.9. The number of rotatable bonds is 6. The third-order valence-corrected chi connectivity index (χ3v) is 4.05. The van der Waals surface area contributed by atoms with Gasteiger partial charge in [-0.2, -0.15) is 0 Å². The first kappa shape index (κ1) is 17.3. The molecule has 0 radical (unpaired) electrons. The number of hydrogen-bond acceptors (Lipinski definition) is 4. The van der Waals surface area contributed by atoms with Gasteiger partial charge in [-0.25, -0.2) is 0 Å². The average molecular weight is 319 g/mol. The van der Waals surface area contributed by atoms with Gasteiger partial charge in [0.25, 0.3) is 0 Å². The van der Waals surface area contributed by atoms with Crippen molar-refractivity contribution >= 4 is 11.8 Å². The molecule has 0 atom stereocenters. The molecular formula is C17H25N3O3. The molecule has 0 aromatic heterocycles. The number of piperazine rings is 1. The Balaban J connectivity index is 1.76. The van der Waals surface area contributed by atoms with Crippen LogP contribution in [0.5, 0.6) is 5.75 Å². The van der Waals surface area contributed by atoms with E-state index in [2.05, 4.69) is 5.32 Å². The quantitative estimate of drug-likeness (QED) is 0.830. The van der Waals surface area contributed by atoms with E-state index in [1.165, 1.54) is 4.90 Å². The van der Waals surface area contributed by atoms with Crippen LogP contribution in [0.25, 0.3) is 0 Å². The zero-order valence-electron chi connectivity index (χ0n) is 13.9. The number of carbonyl (C=O) groups is 2. The predicted octanol–water partition coefficient (Wildman–Crippen LogP) is 0.518. The highest BCUT2D eigenvalue weighted by atomic mass is 16.5. The summed E-state index contributed by atoms with van der Waals surface area (Å²) in [5.74, 6) is 0.815. The van der Waals surface area contributed by atoms with Gasteiger partial charge >= 0.3 is 0 Å². The fraction of sp³-hybridized carbons (Fsp3) is 0.529. The lowest BCUT2D eigenvalue weighted by Gasteiger charge is -2.29. The van der Waals surface area contributed by atoms with Gasteiger partial charge in [-0.05, 0) is 24.1 Å². The van der Waals surface area contributed by atoms with E-state index in [0.717, 1.165) is 24.4 Å². The standard InChI is InChI=1S/C17H25N3O3/c1-19(13-17(22)20-11-9-18-10-12-20)16(21)8-5-14-3-6-15(23-2)7-4-14/h3-4,6-7,18H,5,8-13H2,1-2H3. The van der Waals surface area contributed by atoms with Gasteiger partial charge in [0.2, 0.25) is 11.8 Å². The second kappa shape index (κ2) is 8.53. The number of amides is 2. The highest BCUT2D eigenvalue weighted by molar-refractivity contribution is 5.84. The van der Waals surface area contributed by atoms with Gasteiger partial charge in [-0.15, -0.1) is 0 Å². The summed E-state index contributed by atoms with van der Waals surface area (Å²) in [6, 6.07) is 7.69. The maximum absolute atomic E-state index is 12.2. The molecule has 1 aliphatic rings. The van der Waals surface area contributed by atoms with Crippen LogP contribution in [0.15, 0.2) is 24.3 Å². The average Bonchev–Trinajstić information content (AvgIpc) is 2.60. The van der Waals surface area contributed by atoms with Crippen molar-refractivity contribution in [2.45, 2.75) is 12.8 Å². The third-order valence-electron chi connectivity index (χ3n) is 4.05. The number of methoxy groups -OCH3 is 1. The molecule has 23 heavy (non-hydrogen) atoms. The van der Waals surface area contributed by atoms with Crippen LogP contribution in [0.3, 0.4) is 0 Å². The van der Waals surface area contributed by atoms with E-state index in [9.17, 15) is 9.59 Å². The maximum Gasteiger partial charge on any atom is 0.242 e. The normalized spacial score (nSPS) is 14.4. The van der Waals surface area contributed by atoms with Crippen molar-refractivity contribution in [2.24, 2.45) is 0 Å². The summed E-state index contributed by atoms with van der Waals surface area (Å²) in [6.45, 7) is 3.22. The molecule has 6 heteroatoms. The Bertz CT molecular complexity index is 524. The van der Waals surface area contributed by atoms with E-state index >= 15 is 0 Å². The van der Waals surface area contributed by atoms with E-state index in [0.29, 0.717) is 25.9 Å². The van der Waals surface area contributed by atoms with Crippen LogP contribution < -0.4 is 10.1 Å². The Kier molecular flexibility index (Phi) is 6.40. The van der Waals surface area contributed by atoms with Crippen LogP contribution in [-0.4, -0.2) is 68.5 Å². The minimum atomic E-state index is -0.00991. The summed E-state index contributed by atoms with van der Waals surface area (Å²) >= 11 is 0. The number of nitrogens with one attached hydrogen (secondary N) is 1. The van der Waals surface area contributed by atoms with Crippen LogP contribution in [-0.2, 0) is 16.0 Å². The third kappa shape index (κ3) is 5.25. The van der Waals surface area contributed by atoms with Gasteiger partial charge < -0.3 is 19.9 Å². The van der Waals surface area contributed by atoms with Gasteiger partial charge in [0, 0.05) is 39.6 Å². The molecule has 2 rings (SSSR count). The number of carbonyl (C=O) groups excluding carboxylic acids is 2. The van der Waals surface area contributed by atoms with Crippen LogP contribution in [0.2, 0.25) is 0 Å². The number of benzene rings is 1. The van der Waals surface area contributed by atoms with Gasteiger partial charge in [0.1, 0.15) is 5.75 Å². The minimum absolute atomic E-state index is 0.00991. The van der Waals surface area contributed by atoms with Crippen molar-refractivity contribution in [3.05, 3.63) is 29.8 Å². The summed E-state index contributed by atoms with van der Waals surface area (Å²) in [5.41, 5.74) is 1.08. The SMILES string of the molecule is COc1ccc(CCC(=O)N(C)CC(=O)N2CCNCC2)cc1. The second-order valence-corrected chi connectivity index (χ2v) is 5.73. The van der Waals surface area contributed by atoms with E-state index in [-0.39, 0.29) is 18.4 Å². The molecular weight excluding hydrogens is 294 g/mol. The smallest absolute Gasteiger partial charge is 0.242 e. The van der Waals surface area contributed by atoms with E-state index in [4.69, 9.17) is 4.74 Å². The van der Waals surface area contributed by atoms with Crippen LogP contribution in [0.1, 0.15) is 12.0 Å². The topological polar surface area (TPSA) is 61.9 Å². The number of likely N-dealkylation sites (N-methyl/N-ethyl adjacent to an activating group) is 1. The van der Waals surface area contributed by atoms with Gasteiger partial charge in [0.05, 0.1) is 13.7 Å². The number of ether oxygens (including phenoxy) is 1. The molecule has 0 aliphatic carbocycles. The first-order valence-corrected chi connectivity index (χ1v) is 7.95. The highest BCUT2D eigenvalue weighted by Crippen LogP contribution is 2.13. The first-order chi connectivity index (χ1) is 11.1. The lowest BCUT2D eigenvalue weighted by molar-refractivity contribution is -0.139. The Hall–Kier alpha value is -2.08. The highest BCUT2D eigenvalue weighted by Gasteiger charge is 2.19. The fourth-order valence-corrected chi connectivity index (χ4v) is 2.54. The molecule has 1 N–H and O–H groups in total. The van der Waals surface area contributed by atoms with E-state index < -0.39 is 0 Å². The van der Waals surface area contributed by atoms with Crippen LogP contribution in [0, 0.1) is 0 Å². The summed E-state index contributed by atoms with van der Waals surface area (Å²) in [7, 11) is 3.32. The molecule has 1 heterocycles. The molecule has 1 fully saturated rings. The predicted molar refractivity (Wildman–Crippen MR) is 88.4 cm³/mol. The molecule has 1 aromatic carbocycles. The Labute approximate surface area is 137 Å². The monoisotopic (exact) mass is 319 g/mol. The van der Waals surface area contributed by atoms with E-state index in [1.54, 1.807) is 14.2 Å². The molecule has 0 bridgehead atoms. The Morgan fingerprint density at radius 3 is 2.48 bits per heavy atom.